The Bertz CT molecular complexity index is 1190. The van der Waals surface area contributed by atoms with Crippen LogP contribution in [0.15, 0.2) is 0 Å². The first-order valence-corrected chi connectivity index (χ1v) is 16.1. The molecule has 373 valence electrons. The first kappa shape index (κ1) is 75.2. The van der Waals surface area contributed by atoms with E-state index in [9.17, 15) is 39.0 Å². The van der Waals surface area contributed by atoms with Crippen molar-refractivity contribution in [2.75, 3.05) is 26.4 Å². The van der Waals surface area contributed by atoms with Gasteiger partial charge in [0.15, 0.2) is 18.3 Å². The number of aliphatic carboxylic acids is 5. The number of hydrogen-bond donors (Lipinski definition) is 25. The third-order valence-electron chi connectivity index (χ3n) is 6.97. The van der Waals surface area contributed by atoms with Crippen molar-refractivity contribution < 1.29 is 193 Å². The molecular formula is C28H55CuMgNO31Zn. The van der Waals surface area contributed by atoms with Gasteiger partial charge in [-0.2, -0.15) is 0 Å². The van der Waals surface area contributed by atoms with Crippen molar-refractivity contribution in [3.05, 3.63) is 0 Å². The van der Waals surface area contributed by atoms with Crippen molar-refractivity contribution in [2.45, 2.75) is 110 Å². The van der Waals surface area contributed by atoms with E-state index < -0.39 is 172 Å². The van der Waals surface area contributed by atoms with Crippen LogP contribution < -0.4 is 5.73 Å². The quantitative estimate of drug-likeness (QED) is 0.0315. The van der Waals surface area contributed by atoms with E-state index in [-0.39, 0.29) is 59.6 Å². The maximum Gasteiger partial charge on any atom is 0.347 e. The number of carbonyl (C=O) groups is 6. The number of carboxylic acids is 5. The van der Waals surface area contributed by atoms with E-state index in [4.69, 9.17) is 118 Å². The van der Waals surface area contributed by atoms with Crippen molar-refractivity contribution in [3.8, 4) is 0 Å². The SMILES string of the molecule is N[C@@H](CC(=O)O[C@@H](C(=O)O)[C@@H](O)[C@H](O)[C@H](O)CO)C(=O)O.O=C(O)[C@H](O)[C@@H](O)[C@H](O)[C@H](O)CO.O=C(O)[C@H](O)[C@@H](O)[C@H](O)[C@H](O)CO.O=C(O)[C@H](O)[C@@H](O)[C@H](O)[C@H](O)CO.[Cu].[MgH2].[Zn]. The Morgan fingerprint density at radius 2 is 0.619 bits per heavy atom. The van der Waals surface area contributed by atoms with Gasteiger partial charge in [0, 0.05) is 36.5 Å². The number of aliphatic hydroxyl groups is 19. The summed E-state index contributed by atoms with van der Waals surface area (Å²) in [4.78, 5) is 62.9. The largest absolute Gasteiger partial charge is 0.480 e. The first-order chi connectivity index (χ1) is 27.3. The molecule has 0 saturated heterocycles. The minimum absolute atomic E-state index is 0. The Hall–Kier alpha value is -2.07. The third-order valence-corrected chi connectivity index (χ3v) is 6.97. The van der Waals surface area contributed by atoms with Gasteiger partial charge in [0.1, 0.15) is 79.3 Å². The van der Waals surface area contributed by atoms with Crippen LogP contribution in [0, 0.1) is 0 Å². The van der Waals surface area contributed by atoms with Crippen LogP contribution in [0.25, 0.3) is 0 Å². The molecule has 0 aromatic heterocycles. The maximum atomic E-state index is 11.3. The molecule has 0 aromatic carbocycles. The minimum atomic E-state index is -2.27. The van der Waals surface area contributed by atoms with E-state index in [0.29, 0.717) is 0 Å². The molecule has 0 spiro atoms. The zero-order chi connectivity index (χ0) is 48.5. The summed E-state index contributed by atoms with van der Waals surface area (Å²) in [6.07, 6.45) is -32.8. The molecule has 0 bridgehead atoms. The van der Waals surface area contributed by atoms with Crippen LogP contribution in [0.1, 0.15) is 6.42 Å². The van der Waals surface area contributed by atoms with Gasteiger partial charge < -0.3 is 133 Å². The van der Waals surface area contributed by atoms with Gasteiger partial charge in [-0.3, -0.25) is 9.59 Å². The zero-order valence-corrected chi connectivity index (χ0v) is 35.4. The number of rotatable bonds is 24. The van der Waals surface area contributed by atoms with E-state index in [1.165, 1.54) is 0 Å². The second kappa shape index (κ2) is 39.1. The molecule has 0 rings (SSSR count). The molecule has 0 amide bonds. The molecule has 0 aliphatic heterocycles. The molecule has 35 heteroatoms. The summed E-state index contributed by atoms with van der Waals surface area (Å²) in [5.41, 5.74) is 5.04. The van der Waals surface area contributed by atoms with Crippen LogP contribution in [0.5, 0.6) is 0 Å². The van der Waals surface area contributed by atoms with Crippen molar-refractivity contribution >= 4 is 58.9 Å². The van der Waals surface area contributed by atoms with E-state index >= 15 is 0 Å². The Morgan fingerprint density at radius 1 is 0.397 bits per heavy atom. The predicted molar refractivity (Wildman–Crippen MR) is 188 cm³/mol. The Labute approximate surface area is 392 Å². The third kappa shape index (κ3) is 30.0. The maximum absolute atomic E-state index is 11.3. The van der Waals surface area contributed by atoms with Gasteiger partial charge in [0.05, 0.1) is 32.8 Å². The van der Waals surface area contributed by atoms with Gasteiger partial charge in [-0.1, -0.05) is 0 Å². The monoisotopic (exact) mass is 1050 g/mol. The Balaban J connectivity index is -0.000000134. The van der Waals surface area contributed by atoms with Crippen LogP contribution in [0.3, 0.4) is 0 Å². The topological polar surface area (TPSA) is 623 Å². The molecule has 1 radical (unpaired) electrons. The molecule has 0 saturated carbocycles. The molecule has 0 aliphatic carbocycles. The molecule has 26 N–H and O–H groups in total. The number of hydrogen-bond acceptors (Lipinski definition) is 27. The molecule has 0 heterocycles. The molecule has 0 fully saturated rings. The summed E-state index contributed by atoms with van der Waals surface area (Å²) in [6, 6.07) is -1.63. The summed E-state index contributed by atoms with van der Waals surface area (Å²) in [6.45, 7) is -3.50. The summed E-state index contributed by atoms with van der Waals surface area (Å²) >= 11 is 0. The van der Waals surface area contributed by atoms with E-state index in [1.54, 1.807) is 0 Å². The fourth-order valence-electron chi connectivity index (χ4n) is 3.24. The van der Waals surface area contributed by atoms with Gasteiger partial charge in [-0.25, -0.2) is 19.2 Å². The van der Waals surface area contributed by atoms with Crippen molar-refractivity contribution in [3.63, 3.8) is 0 Å². The van der Waals surface area contributed by atoms with Crippen molar-refractivity contribution in [1.29, 1.82) is 0 Å². The number of esters is 1. The number of nitrogens with two attached hydrogens (primary N) is 1. The Kier molecular flexibility index (Phi) is 46.7. The molecule has 63 heavy (non-hydrogen) atoms. The number of aliphatic hydroxyl groups excluding tert-OH is 19. The van der Waals surface area contributed by atoms with E-state index in [2.05, 4.69) is 4.74 Å². The summed E-state index contributed by atoms with van der Waals surface area (Å²) in [5, 5.41) is 209. The molecule has 0 unspecified atom stereocenters. The average Bonchev–Trinajstić information content (AvgIpc) is 3.21. The molecular weight excluding hydrogens is 1000 g/mol. The van der Waals surface area contributed by atoms with Gasteiger partial charge >= 0.3 is 58.9 Å². The van der Waals surface area contributed by atoms with Crippen molar-refractivity contribution in [1.82, 2.24) is 0 Å². The van der Waals surface area contributed by atoms with Crippen molar-refractivity contribution in [2.24, 2.45) is 5.73 Å². The molecule has 0 aromatic rings. The van der Waals surface area contributed by atoms with Gasteiger partial charge in [-0.15, -0.1) is 0 Å². The zero-order valence-electron chi connectivity index (χ0n) is 31.5. The van der Waals surface area contributed by atoms with Gasteiger partial charge in [0.25, 0.3) is 0 Å². The second-order valence-corrected chi connectivity index (χ2v) is 11.7. The summed E-state index contributed by atoms with van der Waals surface area (Å²) in [7, 11) is 0. The summed E-state index contributed by atoms with van der Waals surface area (Å²) in [5.74, 6) is -9.87. The summed E-state index contributed by atoms with van der Waals surface area (Å²) < 4.78 is 4.33. The van der Waals surface area contributed by atoms with Gasteiger partial charge in [0.2, 0.25) is 6.10 Å². The van der Waals surface area contributed by atoms with Crippen LogP contribution in [0.2, 0.25) is 0 Å². The van der Waals surface area contributed by atoms with Crippen LogP contribution in [0.4, 0.5) is 0 Å². The average molecular weight is 1050 g/mol. The van der Waals surface area contributed by atoms with Crippen LogP contribution in [-0.2, 0) is 70.1 Å². The normalized spacial score (nSPS) is 18.7. The fourth-order valence-corrected chi connectivity index (χ4v) is 3.24. The molecule has 17 atom stereocenters. The predicted octanol–water partition coefficient (Wildman–Crippen LogP) is -15.5. The first-order valence-electron chi connectivity index (χ1n) is 16.1. The Morgan fingerprint density at radius 3 is 0.794 bits per heavy atom. The molecule has 0 aliphatic rings. The number of carboxylic acid groups (broad SMARTS) is 5. The number of ether oxygens (including phenoxy) is 1. The minimum Gasteiger partial charge on any atom is -0.480 e. The standard InChI is InChI=1S/C10H17NO10.3C6H12O7.Cu.Mg.Zn.2H/c11-3(9(17)18)1-5(14)21-8(10(19)20)7(16)6(15)4(13)2-12;3*7-1-2(8)3(9)4(10)5(11)6(12)13;;;;;/h3-4,6-8,12-13,15-16H,1-2,11H2,(H,17,18)(H,19,20);3*2-5,7-11H,1H2,(H,12,13);;;;;/t3-,4+,6+,7-,8+;3*2-,3-,4+,5-;;;;;/m0111...../s1. The van der Waals surface area contributed by atoms with Crippen LogP contribution in [-0.4, -0.2) is 312 Å². The molecule has 32 nitrogen and oxygen atoms in total. The van der Waals surface area contributed by atoms with E-state index in [1.807, 2.05) is 0 Å². The van der Waals surface area contributed by atoms with E-state index in [0.717, 1.165) is 0 Å². The van der Waals surface area contributed by atoms with Gasteiger partial charge in [-0.05, 0) is 0 Å². The second-order valence-electron chi connectivity index (χ2n) is 11.7. The van der Waals surface area contributed by atoms with Crippen LogP contribution >= 0.6 is 0 Å². The number of carbonyl (C=O) groups excluding carboxylic acids is 1. The smallest absolute Gasteiger partial charge is 0.347 e. The fraction of sp³-hybridized carbons (Fsp3) is 0.786.